The molecule has 0 saturated carbocycles. The van der Waals surface area contributed by atoms with E-state index in [0.29, 0.717) is 18.7 Å². The van der Waals surface area contributed by atoms with E-state index >= 15 is 0 Å². The summed E-state index contributed by atoms with van der Waals surface area (Å²) in [5.74, 6) is 0.156. The third-order valence-electron chi connectivity index (χ3n) is 5.96. The summed E-state index contributed by atoms with van der Waals surface area (Å²) in [6.07, 6.45) is 1.31. The second-order valence-electron chi connectivity index (χ2n) is 10.4. The molecular weight excluding hydrogens is 528 g/mol. The molecule has 1 unspecified atom stereocenters. The Morgan fingerprint density at radius 1 is 0.946 bits per heavy atom. The van der Waals surface area contributed by atoms with Crippen molar-refractivity contribution in [3.63, 3.8) is 0 Å². The molecule has 0 aliphatic heterocycles. The number of halogens is 1. The maximum Gasteiger partial charge on any atom is 0.261 e. The summed E-state index contributed by atoms with van der Waals surface area (Å²) in [6, 6.07) is 23.0. The number of amides is 2. The molecule has 1 N–H and O–H groups in total. The molecule has 5 nitrogen and oxygen atoms in total. The quantitative estimate of drug-likeness (QED) is 0.316. The van der Waals surface area contributed by atoms with E-state index in [4.69, 9.17) is 4.74 Å². The van der Waals surface area contributed by atoms with Crippen LogP contribution in [0.1, 0.15) is 49.9 Å². The van der Waals surface area contributed by atoms with Gasteiger partial charge in [0.05, 0.1) is 4.47 Å². The molecule has 3 aromatic rings. The van der Waals surface area contributed by atoms with E-state index < -0.39 is 11.6 Å². The van der Waals surface area contributed by atoms with Crippen molar-refractivity contribution in [1.29, 1.82) is 0 Å². The maximum absolute atomic E-state index is 13.7. The molecule has 0 aliphatic carbocycles. The first-order chi connectivity index (χ1) is 17.6. The van der Waals surface area contributed by atoms with Crippen LogP contribution in [-0.2, 0) is 29.0 Å². The number of nitrogens with one attached hydrogen (secondary N) is 1. The molecule has 3 aromatic carbocycles. The summed E-state index contributed by atoms with van der Waals surface area (Å²) in [4.78, 5) is 29.0. The molecular formula is C31H37BrN2O3. The van der Waals surface area contributed by atoms with Crippen LogP contribution in [0.15, 0.2) is 77.3 Å². The lowest BCUT2D eigenvalue weighted by Gasteiger charge is -2.34. The third-order valence-corrected chi connectivity index (χ3v) is 6.58. The SMILES string of the molecule is CCc1ccc(OCC(=O)N(Cc2cccc(C)c2)C(Cc2ccccc2)C(=O)NC(C)(C)C)c(Br)c1. The maximum atomic E-state index is 13.7. The van der Waals surface area contributed by atoms with E-state index in [0.717, 1.165) is 27.6 Å². The highest BCUT2D eigenvalue weighted by atomic mass is 79.9. The number of benzene rings is 3. The zero-order chi connectivity index (χ0) is 27.0. The van der Waals surface area contributed by atoms with Gasteiger partial charge >= 0.3 is 0 Å². The van der Waals surface area contributed by atoms with Gasteiger partial charge in [-0.1, -0.05) is 73.2 Å². The predicted octanol–water partition coefficient (Wildman–Crippen LogP) is 6.25. The molecule has 3 rings (SSSR count). The number of rotatable bonds is 10. The molecule has 196 valence electrons. The van der Waals surface area contributed by atoms with Crippen molar-refractivity contribution in [2.24, 2.45) is 0 Å². The second kappa shape index (κ2) is 12.9. The van der Waals surface area contributed by atoms with Crippen molar-refractivity contribution in [2.75, 3.05) is 6.61 Å². The molecule has 0 radical (unpaired) electrons. The van der Waals surface area contributed by atoms with Gasteiger partial charge in [0.2, 0.25) is 5.91 Å². The smallest absolute Gasteiger partial charge is 0.261 e. The topological polar surface area (TPSA) is 58.6 Å². The molecule has 0 aliphatic rings. The number of hydrogen-bond acceptors (Lipinski definition) is 3. The van der Waals surface area contributed by atoms with Crippen LogP contribution >= 0.6 is 15.9 Å². The Balaban J connectivity index is 1.93. The largest absolute Gasteiger partial charge is 0.483 e. The van der Waals surface area contributed by atoms with Gasteiger partial charge in [0, 0.05) is 18.5 Å². The molecule has 6 heteroatoms. The second-order valence-corrected chi connectivity index (χ2v) is 11.2. The van der Waals surface area contributed by atoms with E-state index in [-0.39, 0.29) is 18.4 Å². The Kier molecular flexibility index (Phi) is 9.93. The Morgan fingerprint density at radius 3 is 2.27 bits per heavy atom. The predicted molar refractivity (Wildman–Crippen MR) is 153 cm³/mol. The van der Waals surface area contributed by atoms with Gasteiger partial charge in [-0.2, -0.15) is 0 Å². The number of carbonyl (C=O) groups is 2. The van der Waals surface area contributed by atoms with Gasteiger partial charge in [0.1, 0.15) is 11.8 Å². The van der Waals surface area contributed by atoms with Crippen molar-refractivity contribution in [3.05, 3.63) is 99.5 Å². The standard InChI is InChI=1S/C31H37BrN2O3/c1-6-23-15-16-28(26(32)18-23)37-21-29(35)34(20-25-14-10-11-22(2)17-25)27(30(36)33-31(3,4)5)19-24-12-8-7-9-13-24/h7-18,27H,6,19-21H2,1-5H3,(H,33,36). The number of ether oxygens (including phenoxy) is 1. The zero-order valence-corrected chi connectivity index (χ0v) is 24.0. The fourth-order valence-corrected chi connectivity index (χ4v) is 4.66. The first kappa shape index (κ1) is 28.5. The molecule has 0 heterocycles. The summed E-state index contributed by atoms with van der Waals surface area (Å²) >= 11 is 3.55. The zero-order valence-electron chi connectivity index (χ0n) is 22.4. The lowest BCUT2D eigenvalue weighted by Crippen LogP contribution is -2.55. The Labute approximate surface area is 229 Å². The van der Waals surface area contributed by atoms with Crippen molar-refractivity contribution in [2.45, 2.75) is 65.6 Å². The van der Waals surface area contributed by atoms with Crippen LogP contribution in [0.5, 0.6) is 5.75 Å². The minimum absolute atomic E-state index is 0.177. The molecule has 0 bridgehead atoms. The van der Waals surface area contributed by atoms with Crippen LogP contribution in [0, 0.1) is 6.92 Å². The van der Waals surface area contributed by atoms with Crippen LogP contribution in [-0.4, -0.2) is 34.9 Å². The minimum Gasteiger partial charge on any atom is -0.483 e. The highest BCUT2D eigenvalue weighted by Gasteiger charge is 2.32. The molecule has 0 aromatic heterocycles. The van der Waals surface area contributed by atoms with Gasteiger partial charge in [0.25, 0.3) is 5.91 Å². The van der Waals surface area contributed by atoms with E-state index in [1.807, 2.05) is 100 Å². The van der Waals surface area contributed by atoms with Crippen molar-refractivity contribution >= 4 is 27.7 Å². The van der Waals surface area contributed by atoms with Gasteiger partial charge in [-0.05, 0) is 78.9 Å². The summed E-state index contributed by atoms with van der Waals surface area (Å²) in [5, 5.41) is 3.09. The van der Waals surface area contributed by atoms with E-state index in [2.05, 4.69) is 28.2 Å². The van der Waals surface area contributed by atoms with E-state index in [9.17, 15) is 9.59 Å². The van der Waals surface area contributed by atoms with Gasteiger partial charge in [0.15, 0.2) is 6.61 Å². The van der Waals surface area contributed by atoms with Crippen LogP contribution in [0.25, 0.3) is 0 Å². The molecule has 1 atom stereocenters. The van der Waals surface area contributed by atoms with Crippen molar-refractivity contribution in [1.82, 2.24) is 10.2 Å². The number of carbonyl (C=O) groups excluding carboxylic acids is 2. The van der Waals surface area contributed by atoms with Crippen LogP contribution in [0.2, 0.25) is 0 Å². The van der Waals surface area contributed by atoms with Gasteiger partial charge in [-0.15, -0.1) is 0 Å². The van der Waals surface area contributed by atoms with E-state index in [1.165, 1.54) is 5.56 Å². The monoisotopic (exact) mass is 564 g/mol. The van der Waals surface area contributed by atoms with E-state index in [1.54, 1.807) is 4.90 Å². The summed E-state index contributed by atoms with van der Waals surface area (Å²) < 4.78 is 6.75. The summed E-state index contributed by atoms with van der Waals surface area (Å²) in [5.41, 5.74) is 3.78. The molecule has 0 fully saturated rings. The average molecular weight is 566 g/mol. The van der Waals surface area contributed by atoms with Gasteiger partial charge in [-0.3, -0.25) is 9.59 Å². The third kappa shape index (κ3) is 8.74. The molecule has 2 amide bonds. The molecule has 0 spiro atoms. The fraction of sp³-hybridized carbons (Fsp3) is 0.355. The highest BCUT2D eigenvalue weighted by Crippen LogP contribution is 2.26. The van der Waals surface area contributed by atoms with Crippen molar-refractivity contribution < 1.29 is 14.3 Å². The minimum atomic E-state index is -0.704. The van der Waals surface area contributed by atoms with Crippen molar-refractivity contribution in [3.8, 4) is 5.75 Å². The number of aryl methyl sites for hydroxylation is 2. The summed E-state index contributed by atoms with van der Waals surface area (Å²) in [7, 11) is 0. The lowest BCUT2D eigenvalue weighted by molar-refractivity contribution is -0.143. The molecule has 0 saturated heterocycles. The summed E-state index contributed by atoms with van der Waals surface area (Å²) in [6.45, 7) is 10.1. The van der Waals surface area contributed by atoms with Crippen LogP contribution < -0.4 is 10.1 Å². The highest BCUT2D eigenvalue weighted by molar-refractivity contribution is 9.10. The Hall–Kier alpha value is -3.12. The average Bonchev–Trinajstić information content (AvgIpc) is 2.84. The lowest BCUT2D eigenvalue weighted by atomic mass is 10.0. The van der Waals surface area contributed by atoms with Gasteiger partial charge in [-0.25, -0.2) is 0 Å². The Morgan fingerprint density at radius 2 is 1.65 bits per heavy atom. The number of nitrogens with zero attached hydrogens (tertiary/aromatic N) is 1. The Bertz CT molecular complexity index is 1200. The number of hydrogen-bond donors (Lipinski definition) is 1. The van der Waals surface area contributed by atoms with Gasteiger partial charge < -0.3 is 15.0 Å². The first-order valence-corrected chi connectivity index (χ1v) is 13.5. The normalized spacial score (nSPS) is 12.1. The first-order valence-electron chi connectivity index (χ1n) is 12.7. The van der Waals surface area contributed by atoms with Crippen LogP contribution in [0.4, 0.5) is 0 Å². The molecule has 37 heavy (non-hydrogen) atoms. The fourth-order valence-electron chi connectivity index (χ4n) is 4.12. The van der Waals surface area contributed by atoms with Crippen LogP contribution in [0.3, 0.4) is 0 Å².